The minimum Gasteiger partial charge on any atom is -0.497 e. The number of pyridine rings is 1. The number of rotatable bonds is 7. The van der Waals surface area contributed by atoms with E-state index in [1.165, 1.54) is 0 Å². The maximum Gasteiger partial charge on any atom is 0.239 e. The van der Waals surface area contributed by atoms with Gasteiger partial charge in [-0.3, -0.25) is 9.78 Å². The Balaban J connectivity index is 1.88. The van der Waals surface area contributed by atoms with Gasteiger partial charge in [0.05, 0.1) is 26.5 Å². The highest BCUT2D eigenvalue weighted by molar-refractivity contribution is 5.81. The van der Waals surface area contributed by atoms with Gasteiger partial charge in [-0.25, -0.2) is 0 Å². The Hall–Kier alpha value is -2.76. The van der Waals surface area contributed by atoms with Crippen LogP contribution < -0.4 is 20.1 Å². The summed E-state index contributed by atoms with van der Waals surface area (Å²) in [4.78, 5) is 15.9. The standard InChI is InChI=1S/C16H19N3O3/c1-21-13-5-6-15(22-2)14(8-13)18-11-16(20)19-10-12-4-3-7-17-9-12/h3-9,18H,10-11H2,1-2H3,(H,19,20). The Labute approximate surface area is 129 Å². The number of amides is 1. The third-order valence-electron chi connectivity index (χ3n) is 3.06. The summed E-state index contributed by atoms with van der Waals surface area (Å²) in [6, 6.07) is 9.11. The molecule has 0 bridgehead atoms. The Kier molecular flexibility index (Phi) is 5.59. The molecular formula is C16H19N3O3. The number of carbonyl (C=O) groups excluding carboxylic acids is 1. The van der Waals surface area contributed by atoms with E-state index in [4.69, 9.17) is 9.47 Å². The van der Waals surface area contributed by atoms with Crippen LogP contribution in [0.1, 0.15) is 5.56 Å². The van der Waals surface area contributed by atoms with Gasteiger partial charge in [-0.05, 0) is 23.8 Å². The molecule has 0 atom stereocenters. The van der Waals surface area contributed by atoms with Crippen molar-refractivity contribution in [3.63, 3.8) is 0 Å². The normalized spacial score (nSPS) is 9.91. The van der Waals surface area contributed by atoms with E-state index in [2.05, 4.69) is 15.6 Å². The third kappa shape index (κ3) is 4.37. The molecule has 22 heavy (non-hydrogen) atoms. The van der Waals surface area contributed by atoms with E-state index >= 15 is 0 Å². The molecule has 0 aliphatic carbocycles. The SMILES string of the molecule is COc1ccc(OC)c(NCC(=O)NCc2cccnc2)c1. The van der Waals surface area contributed by atoms with Crippen molar-refractivity contribution in [1.29, 1.82) is 0 Å². The Morgan fingerprint density at radius 1 is 1.23 bits per heavy atom. The van der Waals surface area contributed by atoms with Crippen molar-refractivity contribution < 1.29 is 14.3 Å². The summed E-state index contributed by atoms with van der Waals surface area (Å²) < 4.78 is 10.4. The lowest BCUT2D eigenvalue weighted by Gasteiger charge is -2.12. The first-order chi connectivity index (χ1) is 10.7. The molecule has 2 rings (SSSR count). The van der Waals surface area contributed by atoms with Crippen LogP contribution in [0.4, 0.5) is 5.69 Å². The van der Waals surface area contributed by atoms with E-state index in [9.17, 15) is 4.79 Å². The summed E-state index contributed by atoms with van der Waals surface area (Å²) >= 11 is 0. The van der Waals surface area contributed by atoms with Gasteiger partial charge in [-0.2, -0.15) is 0 Å². The maximum atomic E-state index is 11.9. The molecule has 1 aromatic carbocycles. The number of aromatic nitrogens is 1. The Morgan fingerprint density at radius 2 is 2.09 bits per heavy atom. The summed E-state index contributed by atoms with van der Waals surface area (Å²) in [5.74, 6) is 1.23. The van der Waals surface area contributed by atoms with E-state index in [1.807, 2.05) is 12.1 Å². The van der Waals surface area contributed by atoms with Crippen LogP contribution in [0.25, 0.3) is 0 Å². The summed E-state index contributed by atoms with van der Waals surface area (Å²) in [6.45, 7) is 0.591. The maximum absolute atomic E-state index is 11.9. The molecule has 0 saturated carbocycles. The quantitative estimate of drug-likeness (QED) is 0.816. The van der Waals surface area contributed by atoms with Crippen LogP contribution in [-0.2, 0) is 11.3 Å². The van der Waals surface area contributed by atoms with Crippen molar-refractivity contribution in [2.24, 2.45) is 0 Å². The molecule has 6 heteroatoms. The number of benzene rings is 1. The number of nitrogens with one attached hydrogen (secondary N) is 2. The number of hydrogen-bond donors (Lipinski definition) is 2. The highest BCUT2D eigenvalue weighted by atomic mass is 16.5. The van der Waals surface area contributed by atoms with E-state index in [-0.39, 0.29) is 12.5 Å². The lowest BCUT2D eigenvalue weighted by Crippen LogP contribution is -2.29. The largest absolute Gasteiger partial charge is 0.497 e. The Morgan fingerprint density at radius 3 is 2.77 bits per heavy atom. The topological polar surface area (TPSA) is 72.5 Å². The lowest BCUT2D eigenvalue weighted by molar-refractivity contribution is -0.119. The van der Waals surface area contributed by atoms with Gasteiger partial charge in [-0.15, -0.1) is 0 Å². The monoisotopic (exact) mass is 301 g/mol. The molecular weight excluding hydrogens is 282 g/mol. The smallest absolute Gasteiger partial charge is 0.239 e. The molecule has 2 N–H and O–H groups in total. The first-order valence-corrected chi connectivity index (χ1v) is 6.84. The fraction of sp³-hybridized carbons (Fsp3) is 0.250. The molecule has 6 nitrogen and oxygen atoms in total. The van der Waals surface area contributed by atoms with Gasteiger partial charge in [0, 0.05) is 25.0 Å². The fourth-order valence-electron chi connectivity index (χ4n) is 1.89. The van der Waals surface area contributed by atoms with Crippen LogP contribution in [0.2, 0.25) is 0 Å². The van der Waals surface area contributed by atoms with Crippen LogP contribution in [0.15, 0.2) is 42.7 Å². The van der Waals surface area contributed by atoms with E-state index in [1.54, 1.807) is 44.8 Å². The summed E-state index contributed by atoms with van der Waals surface area (Å²) in [5.41, 5.74) is 1.66. The summed E-state index contributed by atoms with van der Waals surface area (Å²) in [7, 11) is 3.17. The van der Waals surface area contributed by atoms with Crippen molar-refractivity contribution in [1.82, 2.24) is 10.3 Å². The number of nitrogens with zero attached hydrogens (tertiary/aromatic N) is 1. The van der Waals surface area contributed by atoms with Gasteiger partial charge in [-0.1, -0.05) is 6.07 Å². The zero-order valence-electron chi connectivity index (χ0n) is 12.6. The van der Waals surface area contributed by atoms with Gasteiger partial charge in [0.1, 0.15) is 11.5 Å². The van der Waals surface area contributed by atoms with Gasteiger partial charge >= 0.3 is 0 Å². The van der Waals surface area contributed by atoms with Crippen molar-refractivity contribution >= 4 is 11.6 Å². The zero-order valence-corrected chi connectivity index (χ0v) is 12.6. The first kappa shape index (κ1) is 15.6. The summed E-state index contributed by atoms with van der Waals surface area (Å²) in [5, 5.41) is 5.86. The minimum absolute atomic E-state index is 0.117. The second-order valence-electron chi connectivity index (χ2n) is 4.56. The second kappa shape index (κ2) is 7.87. The highest BCUT2D eigenvalue weighted by Gasteiger charge is 2.07. The number of anilines is 1. The number of hydrogen-bond acceptors (Lipinski definition) is 5. The second-order valence-corrected chi connectivity index (χ2v) is 4.56. The average molecular weight is 301 g/mol. The molecule has 1 heterocycles. The molecule has 0 radical (unpaired) electrons. The van der Waals surface area contributed by atoms with E-state index in [0.717, 1.165) is 5.56 Å². The molecule has 2 aromatic rings. The molecule has 1 amide bonds. The molecule has 0 fully saturated rings. The predicted octanol–water partition coefficient (Wildman–Crippen LogP) is 1.83. The van der Waals surface area contributed by atoms with E-state index in [0.29, 0.717) is 23.7 Å². The van der Waals surface area contributed by atoms with Crippen molar-refractivity contribution in [3.05, 3.63) is 48.3 Å². The summed E-state index contributed by atoms with van der Waals surface area (Å²) in [6.07, 6.45) is 3.42. The van der Waals surface area contributed by atoms with E-state index < -0.39 is 0 Å². The number of ether oxygens (including phenoxy) is 2. The minimum atomic E-state index is -0.117. The molecule has 0 aliphatic heterocycles. The third-order valence-corrected chi connectivity index (χ3v) is 3.06. The number of methoxy groups -OCH3 is 2. The molecule has 116 valence electrons. The fourth-order valence-corrected chi connectivity index (χ4v) is 1.89. The average Bonchev–Trinajstić information content (AvgIpc) is 2.58. The van der Waals surface area contributed by atoms with Gasteiger partial charge in [0.15, 0.2) is 0 Å². The Bertz CT molecular complexity index is 617. The van der Waals surface area contributed by atoms with Crippen molar-refractivity contribution in [2.75, 3.05) is 26.1 Å². The van der Waals surface area contributed by atoms with Crippen LogP contribution >= 0.6 is 0 Å². The van der Waals surface area contributed by atoms with Crippen molar-refractivity contribution in [3.8, 4) is 11.5 Å². The van der Waals surface area contributed by atoms with Crippen LogP contribution in [0.5, 0.6) is 11.5 Å². The molecule has 1 aromatic heterocycles. The van der Waals surface area contributed by atoms with Crippen LogP contribution in [0, 0.1) is 0 Å². The number of carbonyl (C=O) groups is 1. The lowest BCUT2D eigenvalue weighted by atomic mass is 10.2. The zero-order chi connectivity index (χ0) is 15.8. The molecule has 0 aliphatic rings. The van der Waals surface area contributed by atoms with Gasteiger partial charge < -0.3 is 20.1 Å². The van der Waals surface area contributed by atoms with Gasteiger partial charge in [0.25, 0.3) is 0 Å². The van der Waals surface area contributed by atoms with Crippen LogP contribution in [0.3, 0.4) is 0 Å². The first-order valence-electron chi connectivity index (χ1n) is 6.84. The van der Waals surface area contributed by atoms with Gasteiger partial charge in [0.2, 0.25) is 5.91 Å². The molecule has 0 spiro atoms. The van der Waals surface area contributed by atoms with Crippen LogP contribution in [-0.4, -0.2) is 31.7 Å². The highest BCUT2D eigenvalue weighted by Crippen LogP contribution is 2.28. The molecule has 0 unspecified atom stereocenters. The van der Waals surface area contributed by atoms with Crippen molar-refractivity contribution in [2.45, 2.75) is 6.54 Å². The molecule has 0 saturated heterocycles. The predicted molar refractivity (Wildman–Crippen MR) is 84.1 cm³/mol.